The topological polar surface area (TPSA) is 60.9 Å². The van der Waals surface area contributed by atoms with E-state index in [1.54, 1.807) is 19.0 Å². The second kappa shape index (κ2) is 6.98. The number of hydrogen-bond acceptors (Lipinski definition) is 3. The van der Waals surface area contributed by atoms with Gasteiger partial charge in [0.25, 0.3) is 5.91 Å². The molecule has 2 atom stereocenters. The Bertz CT molecular complexity index is 789. The quantitative estimate of drug-likeness (QED) is 0.808. The average Bonchev–Trinajstić information content (AvgIpc) is 2.96. The summed E-state index contributed by atoms with van der Waals surface area (Å²) in [6.07, 6.45) is 4.95. The van der Waals surface area contributed by atoms with E-state index in [0.717, 1.165) is 37.7 Å². The minimum atomic E-state index is -0.197. The van der Waals surface area contributed by atoms with Gasteiger partial charge in [-0.15, -0.1) is 0 Å². The van der Waals surface area contributed by atoms with Crippen LogP contribution in [0.1, 0.15) is 40.7 Å². The maximum absolute atomic E-state index is 13.1. The Morgan fingerprint density at radius 3 is 2.67 bits per heavy atom. The number of amides is 3. The van der Waals surface area contributed by atoms with Crippen molar-refractivity contribution in [2.75, 3.05) is 33.7 Å². The van der Waals surface area contributed by atoms with E-state index in [9.17, 15) is 14.4 Å². The van der Waals surface area contributed by atoms with Crippen LogP contribution in [0.3, 0.4) is 0 Å². The highest BCUT2D eigenvalue weighted by Crippen LogP contribution is 2.30. The molecule has 0 radical (unpaired) electrons. The lowest BCUT2D eigenvalue weighted by Crippen LogP contribution is -2.51. The minimum absolute atomic E-state index is 0.00943. The van der Waals surface area contributed by atoms with Gasteiger partial charge in [0.1, 0.15) is 6.54 Å². The SMILES string of the molecule is CN(C)C(=O)CN1C(=O)C2CCC1CN(C(=O)c1ccc3c(c1)CCC3)C2. The lowest BCUT2D eigenvalue weighted by molar-refractivity contribution is -0.145. The third-order valence-electron chi connectivity index (χ3n) is 6.23. The Labute approximate surface area is 160 Å². The third kappa shape index (κ3) is 3.33. The molecule has 6 heteroatoms. The van der Waals surface area contributed by atoms with Crippen molar-refractivity contribution in [3.8, 4) is 0 Å². The van der Waals surface area contributed by atoms with Crippen LogP contribution in [0.2, 0.25) is 0 Å². The zero-order valence-corrected chi connectivity index (χ0v) is 16.1. The molecule has 3 fully saturated rings. The molecule has 3 saturated heterocycles. The van der Waals surface area contributed by atoms with E-state index in [-0.39, 0.29) is 36.2 Å². The fourth-order valence-corrected chi connectivity index (χ4v) is 4.59. The van der Waals surface area contributed by atoms with Gasteiger partial charge in [0.05, 0.1) is 5.92 Å². The molecule has 0 aromatic heterocycles. The van der Waals surface area contributed by atoms with E-state index >= 15 is 0 Å². The van der Waals surface area contributed by atoms with Gasteiger partial charge in [-0.05, 0) is 55.4 Å². The van der Waals surface area contributed by atoms with Crippen LogP contribution in [0.4, 0.5) is 0 Å². The summed E-state index contributed by atoms with van der Waals surface area (Å²) >= 11 is 0. The zero-order chi connectivity index (χ0) is 19.1. The first-order valence-corrected chi connectivity index (χ1v) is 9.85. The number of benzene rings is 1. The lowest BCUT2D eigenvalue weighted by atomic mass is 9.94. The summed E-state index contributed by atoms with van der Waals surface area (Å²) in [6, 6.07) is 5.97. The van der Waals surface area contributed by atoms with Crippen LogP contribution in [-0.4, -0.2) is 72.2 Å². The number of carbonyl (C=O) groups excluding carboxylic acids is 3. The molecule has 2 unspecified atom stereocenters. The number of likely N-dealkylation sites (N-methyl/N-ethyl adjacent to an activating group) is 1. The van der Waals surface area contributed by atoms with Crippen LogP contribution >= 0.6 is 0 Å². The van der Waals surface area contributed by atoms with Crippen LogP contribution < -0.4 is 0 Å². The third-order valence-corrected chi connectivity index (χ3v) is 6.23. The molecule has 1 aromatic rings. The van der Waals surface area contributed by atoms with Gasteiger partial charge in [-0.25, -0.2) is 0 Å². The molecule has 144 valence electrons. The average molecular weight is 369 g/mol. The molecule has 0 spiro atoms. The molecule has 3 heterocycles. The molecule has 0 saturated carbocycles. The molecule has 27 heavy (non-hydrogen) atoms. The maximum Gasteiger partial charge on any atom is 0.253 e. The number of piperidine rings is 1. The Balaban J connectivity index is 1.53. The number of carbonyl (C=O) groups is 3. The van der Waals surface area contributed by atoms with Crippen LogP contribution in [0.25, 0.3) is 0 Å². The highest BCUT2D eigenvalue weighted by atomic mass is 16.2. The molecular formula is C21H27N3O3. The molecular weight excluding hydrogens is 342 g/mol. The first kappa shape index (κ1) is 18.0. The van der Waals surface area contributed by atoms with Crippen molar-refractivity contribution >= 4 is 17.7 Å². The van der Waals surface area contributed by atoms with Gasteiger partial charge in [-0.1, -0.05) is 6.07 Å². The van der Waals surface area contributed by atoms with Crippen LogP contribution in [-0.2, 0) is 22.4 Å². The predicted octanol–water partition coefficient (Wildman–Crippen LogP) is 1.33. The summed E-state index contributed by atoms with van der Waals surface area (Å²) in [7, 11) is 3.40. The van der Waals surface area contributed by atoms with E-state index < -0.39 is 0 Å². The summed E-state index contributed by atoms with van der Waals surface area (Å²) < 4.78 is 0. The van der Waals surface area contributed by atoms with Crippen molar-refractivity contribution in [2.24, 2.45) is 5.92 Å². The highest BCUT2D eigenvalue weighted by Gasteiger charge is 2.42. The molecule has 0 N–H and O–H groups in total. The van der Waals surface area contributed by atoms with Gasteiger partial charge >= 0.3 is 0 Å². The monoisotopic (exact) mass is 369 g/mol. The fraction of sp³-hybridized carbons (Fsp3) is 0.571. The fourth-order valence-electron chi connectivity index (χ4n) is 4.59. The molecule has 5 rings (SSSR count). The Morgan fingerprint density at radius 1 is 1.11 bits per heavy atom. The van der Waals surface area contributed by atoms with Gasteiger partial charge in [0.15, 0.2) is 0 Å². The molecule has 3 amide bonds. The molecule has 4 aliphatic rings. The van der Waals surface area contributed by atoms with E-state index in [1.807, 2.05) is 17.0 Å². The molecule has 6 nitrogen and oxygen atoms in total. The van der Waals surface area contributed by atoms with E-state index in [2.05, 4.69) is 6.07 Å². The first-order chi connectivity index (χ1) is 12.9. The summed E-state index contributed by atoms with van der Waals surface area (Å²) in [4.78, 5) is 43.2. The summed E-state index contributed by atoms with van der Waals surface area (Å²) in [5, 5.41) is 0. The Hall–Kier alpha value is -2.37. The molecule has 1 aliphatic carbocycles. The standard InChI is InChI=1S/C21H27N3O3/c1-22(2)19(25)13-24-18-9-8-17(21(24)27)11-23(12-18)20(26)16-7-6-14-4-3-5-15(14)10-16/h6-7,10,17-18H,3-5,8-9,11-13H2,1-2H3. The summed E-state index contributed by atoms with van der Waals surface area (Å²) in [5.41, 5.74) is 3.36. The van der Waals surface area contributed by atoms with Crippen molar-refractivity contribution in [3.63, 3.8) is 0 Å². The van der Waals surface area contributed by atoms with Gasteiger partial charge in [-0.3, -0.25) is 14.4 Å². The summed E-state index contributed by atoms with van der Waals surface area (Å²) in [5.74, 6) is -0.245. The van der Waals surface area contributed by atoms with Gasteiger partial charge in [0.2, 0.25) is 11.8 Å². The van der Waals surface area contributed by atoms with E-state index in [0.29, 0.717) is 13.1 Å². The normalized spacial score (nSPS) is 24.0. The number of aryl methyl sites for hydroxylation is 2. The van der Waals surface area contributed by atoms with Crippen molar-refractivity contribution in [1.82, 2.24) is 14.7 Å². The van der Waals surface area contributed by atoms with E-state index in [1.165, 1.54) is 16.0 Å². The number of nitrogens with zero attached hydrogens (tertiary/aromatic N) is 3. The second-order valence-electron chi connectivity index (χ2n) is 8.23. The van der Waals surface area contributed by atoms with Crippen molar-refractivity contribution in [1.29, 1.82) is 0 Å². The number of fused-ring (bicyclic) bond motifs is 5. The van der Waals surface area contributed by atoms with Crippen molar-refractivity contribution < 1.29 is 14.4 Å². The summed E-state index contributed by atoms with van der Waals surface area (Å²) in [6.45, 7) is 1.07. The number of hydrogen-bond donors (Lipinski definition) is 0. The Morgan fingerprint density at radius 2 is 1.89 bits per heavy atom. The molecule has 1 aromatic carbocycles. The van der Waals surface area contributed by atoms with Crippen LogP contribution in [0.5, 0.6) is 0 Å². The molecule has 3 aliphatic heterocycles. The highest BCUT2D eigenvalue weighted by molar-refractivity contribution is 5.95. The van der Waals surface area contributed by atoms with E-state index in [4.69, 9.17) is 0 Å². The van der Waals surface area contributed by atoms with Crippen molar-refractivity contribution in [2.45, 2.75) is 38.1 Å². The van der Waals surface area contributed by atoms with Gasteiger partial charge in [0, 0.05) is 38.8 Å². The zero-order valence-electron chi connectivity index (χ0n) is 16.1. The van der Waals surface area contributed by atoms with Crippen molar-refractivity contribution in [3.05, 3.63) is 34.9 Å². The van der Waals surface area contributed by atoms with Gasteiger partial charge < -0.3 is 14.7 Å². The van der Waals surface area contributed by atoms with Gasteiger partial charge in [-0.2, -0.15) is 0 Å². The first-order valence-electron chi connectivity index (χ1n) is 9.85. The second-order valence-corrected chi connectivity index (χ2v) is 8.23. The number of rotatable bonds is 3. The van der Waals surface area contributed by atoms with Crippen LogP contribution in [0.15, 0.2) is 18.2 Å². The maximum atomic E-state index is 13.1. The lowest BCUT2D eigenvalue weighted by Gasteiger charge is -2.35. The minimum Gasteiger partial charge on any atom is -0.347 e. The predicted molar refractivity (Wildman–Crippen MR) is 101 cm³/mol. The Kier molecular flexibility index (Phi) is 4.66. The largest absolute Gasteiger partial charge is 0.347 e. The van der Waals surface area contributed by atoms with Crippen LogP contribution in [0, 0.1) is 5.92 Å². The molecule has 2 bridgehead atoms. The smallest absolute Gasteiger partial charge is 0.253 e.